The number of aliphatic hydroxyl groups is 2. The minimum Gasteiger partial charge on any atom is -0.390 e. The number of rotatable bonds is 15. The Kier molecular flexibility index (Phi) is 12.9. The van der Waals surface area contributed by atoms with Gasteiger partial charge in [-0.2, -0.15) is 0 Å². The molecule has 1 aromatic heterocycles. The first-order chi connectivity index (χ1) is 19.1. The molecule has 9 heteroatoms. The van der Waals surface area contributed by atoms with Gasteiger partial charge in [0.15, 0.2) is 5.13 Å². The van der Waals surface area contributed by atoms with E-state index in [1.54, 1.807) is 4.90 Å². The normalized spacial score (nSPS) is 17.2. The van der Waals surface area contributed by atoms with E-state index in [0.717, 1.165) is 31.2 Å². The van der Waals surface area contributed by atoms with Gasteiger partial charge in [0, 0.05) is 24.8 Å². The van der Waals surface area contributed by atoms with Crippen molar-refractivity contribution in [3.05, 3.63) is 47.0 Å². The second kappa shape index (κ2) is 16.1. The number of nitrogens with one attached hydrogen (secondary N) is 1. The molecule has 222 valence electrons. The molecule has 0 aliphatic heterocycles. The monoisotopic (exact) mass is 572 g/mol. The highest BCUT2D eigenvalue weighted by Gasteiger charge is 2.36. The maximum Gasteiger partial charge on any atom is 0.223 e. The van der Waals surface area contributed by atoms with Gasteiger partial charge in [0.1, 0.15) is 6.10 Å². The molecule has 8 nitrogen and oxygen atoms in total. The van der Waals surface area contributed by atoms with Gasteiger partial charge in [0.05, 0.1) is 24.4 Å². The van der Waals surface area contributed by atoms with Gasteiger partial charge in [-0.15, -0.1) is 11.3 Å². The van der Waals surface area contributed by atoms with Crippen LogP contribution < -0.4 is 11.1 Å². The summed E-state index contributed by atoms with van der Waals surface area (Å²) in [4.78, 5) is 32.5. The molecular weight excluding hydrogens is 524 g/mol. The molecule has 1 fully saturated rings. The van der Waals surface area contributed by atoms with Crippen molar-refractivity contribution in [1.29, 1.82) is 0 Å². The largest absolute Gasteiger partial charge is 0.390 e. The lowest BCUT2D eigenvalue weighted by atomic mass is 9.81. The Labute approximate surface area is 243 Å². The van der Waals surface area contributed by atoms with E-state index in [0.29, 0.717) is 36.1 Å². The molecule has 0 radical (unpaired) electrons. The number of amides is 2. The predicted molar refractivity (Wildman–Crippen MR) is 161 cm³/mol. The maximum atomic E-state index is 13.7. The molecule has 40 heavy (non-hydrogen) atoms. The summed E-state index contributed by atoms with van der Waals surface area (Å²) in [7, 11) is 0. The first-order valence-electron chi connectivity index (χ1n) is 14.8. The molecule has 3 rings (SSSR count). The van der Waals surface area contributed by atoms with Crippen LogP contribution in [0.25, 0.3) is 0 Å². The summed E-state index contributed by atoms with van der Waals surface area (Å²) in [5, 5.41) is 27.6. The Morgan fingerprint density at radius 1 is 1.10 bits per heavy atom. The van der Waals surface area contributed by atoms with E-state index < -0.39 is 18.2 Å². The Morgan fingerprint density at radius 2 is 1.80 bits per heavy atom. The van der Waals surface area contributed by atoms with Crippen molar-refractivity contribution in [1.82, 2.24) is 15.2 Å². The number of hydrogen-bond donors (Lipinski definition) is 4. The number of thiazole rings is 1. The zero-order chi connectivity index (χ0) is 29.1. The van der Waals surface area contributed by atoms with Crippen LogP contribution in [0.4, 0.5) is 5.13 Å². The Hall–Kier alpha value is -2.49. The third-order valence-electron chi connectivity index (χ3n) is 7.96. The molecule has 5 N–H and O–H groups in total. The SMILES string of the molecule is CC(C)C[C@H](O)[C@H](O)[C@H](CC1CCCCC1)N(Cc1csc(N)n1)C(=O)CCC(=O)NC[C@@H](C)c1ccccc1. The first kappa shape index (κ1) is 32.0. The lowest BCUT2D eigenvalue weighted by Crippen LogP contribution is -2.52. The second-order valence-electron chi connectivity index (χ2n) is 11.8. The Balaban J connectivity index is 1.72. The average Bonchev–Trinajstić information content (AvgIpc) is 3.36. The smallest absolute Gasteiger partial charge is 0.223 e. The van der Waals surface area contributed by atoms with Crippen LogP contribution in [0, 0.1) is 11.8 Å². The van der Waals surface area contributed by atoms with Gasteiger partial charge in [-0.1, -0.05) is 83.2 Å². The van der Waals surface area contributed by atoms with Crippen molar-refractivity contribution in [3.8, 4) is 0 Å². The minimum atomic E-state index is -1.09. The van der Waals surface area contributed by atoms with E-state index in [9.17, 15) is 19.8 Å². The van der Waals surface area contributed by atoms with Crippen LogP contribution in [0.2, 0.25) is 0 Å². The van der Waals surface area contributed by atoms with Crippen molar-refractivity contribution in [2.75, 3.05) is 12.3 Å². The van der Waals surface area contributed by atoms with Gasteiger partial charge in [0.2, 0.25) is 11.8 Å². The van der Waals surface area contributed by atoms with E-state index in [1.807, 2.05) is 49.6 Å². The highest BCUT2D eigenvalue weighted by molar-refractivity contribution is 7.13. The number of carbonyl (C=O) groups is 2. The number of aromatic nitrogens is 1. The molecule has 0 saturated heterocycles. The van der Waals surface area contributed by atoms with Gasteiger partial charge in [-0.05, 0) is 36.2 Å². The fourth-order valence-corrected chi connectivity index (χ4v) is 6.23. The number of anilines is 1. The lowest BCUT2D eigenvalue weighted by molar-refractivity contribution is -0.142. The summed E-state index contributed by atoms with van der Waals surface area (Å²) >= 11 is 1.31. The summed E-state index contributed by atoms with van der Waals surface area (Å²) < 4.78 is 0. The summed E-state index contributed by atoms with van der Waals surface area (Å²) in [6.45, 7) is 6.74. The lowest BCUT2D eigenvalue weighted by Gasteiger charge is -2.39. The molecule has 1 heterocycles. The zero-order valence-electron chi connectivity index (χ0n) is 24.3. The van der Waals surface area contributed by atoms with E-state index in [1.165, 1.54) is 17.8 Å². The van der Waals surface area contributed by atoms with Crippen molar-refractivity contribution >= 4 is 28.3 Å². The maximum absolute atomic E-state index is 13.7. The first-order valence-corrected chi connectivity index (χ1v) is 15.7. The molecule has 2 aromatic rings. The van der Waals surface area contributed by atoms with E-state index >= 15 is 0 Å². The standard InChI is InChI=1S/C31H48N4O4S/c1-21(2)16-27(36)30(39)26(17-23-10-6-4-7-11-23)35(19-25-20-40-31(32)34-25)29(38)15-14-28(37)33-18-22(3)24-12-8-5-9-13-24/h5,8-9,12-13,20-23,26-27,30,36,39H,4,6-7,10-11,14-19H2,1-3H3,(H2,32,34)(H,33,37)/t22-,26+,27+,30-/m1/s1. The Morgan fingerprint density at radius 3 is 2.42 bits per heavy atom. The summed E-state index contributed by atoms with van der Waals surface area (Å²) in [6.07, 6.45) is 4.67. The fourth-order valence-electron chi connectivity index (χ4n) is 5.67. The van der Waals surface area contributed by atoms with Gasteiger partial charge in [-0.25, -0.2) is 4.98 Å². The molecule has 0 unspecified atom stereocenters. The van der Waals surface area contributed by atoms with Crippen molar-refractivity contribution in [3.63, 3.8) is 0 Å². The van der Waals surface area contributed by atoms with Crippen molar-refractivity contribution < 1.29 is 19.8 Å². The highest BCUT2D eigenvalue weighted by Crippen LogP contribution is 2.32. The van der Waals surface area contributed by atoms with Crippen LogP contribution in [-0.4, -0.2) is 56.7 Å². The van der Waals surface area contributed by atoms with Crippen molar-refractivity contribution in [2.24, 2.45) is 11.8 Å². The van der Waals surface area contributed by atoms with Crippen LogP contribution in [0.5, 0.6) is 0 Å². The van der Waals surface area contributed by atoms with E-state index in [-0.39, 0.29) is 43.0 Å². The molecule has 1 aromatic carbocycles. The molecular formula is C31H48N4O4S. The minimum absolute atomic E-state index is 0.0132. The number of nitrogens with zero attached hydrogens (tertiary/aromatic N) is 2. The van der Waals surface area contributed by atoms with Gasteiger partial charge < -0.3 is 26.2 Å². The molecule has 0 spiro atoms. The molecule has 1 aliphatic rings. The number of nitrogen functional groups attached to an aromatic ring is 1. The number of aliphatic hydroxyl groups excluding tert-OH is 2. The van der Waals surface area contributed by atoms with Gasteiger partial charge >= 0.3 is 0 Å². The molecule has 1 aliphatic carbocycles. The Bertz CT molecular complexity index is 1040. The highest BCUT2D eigenvalue weighted by atomic mass is 32.1. The molecule has 1 saturated carbocycles. The predicted octanol–water partition coefficient (Wildman–Crippen LogP) is 4.86. The average molecular weight is 573 g/mol. The second-order valence-corrected chi connectivity index (χ2v) is 12.7. The van der Waals surface area contributed by atoms with Crippen LogP contribution in [0.1, 0.15) is 95.7 Å². The van der Waals surface area contributed by atoms with Crippen LogP contribution in [-0.2, 0) is 16.1 Å². The third-order valence-corrected chi connectivity index (χ3v) is 8.69. The van der Waals surface area contributed by atoms with Crippen molar-refractivity contribution in [2.45, 2.75) is 109 Å². The van der Waals surface area contributed by atoms with E-state index in [2.05, 4.69) is 17.2 Å². The third kappa shape index (κ3) is 10.2. The molecule has 0 bridgehead atoms. The fraction of sp³-hybridized carbons (Fsp3) is 0.645. The van der Waals surface area contributed by atoms with E-state index in [4.69, 9.17) is 5.73 Å². The van der Waals surface area contributed by atoms with Gasteiger partial charge in [-0.3, -0.25) is 9.59 Å². The summed E-state index contributed by atoms with van der Waals surface area (Å²) in [5.74, 6) is 0.320. The number of benzene rings is 1. The van der Waals surface area contributed by atoms with Crippen LogP contribution in [0.3, 0.4) is 0 Å². The quantitative estimate of drug-likeness (QED) is 0.241. The number of carbonyl (C=O) groups excluding carboxylic acids is 2. The van der Waals surface area contributed by atoms with Crippen LogP contribution >= 0.6 is 11.3 Å². The zero-order valence-corrected chi connectivity index (χ0v) is 25.1. The number of nitrogens with two attached hydrogens (primary N) is 1. The summed E-state index contributed by atoms with van der Waals surface area (Å²) in [5.41, 5.74) is 7.67. The molecule has 2 amide bonds. The van der Waals surface area contributed by atoms with Crippen LogP contribution in [0.15, 0.2) is 35.7 Å². The summed E-state index contributed by atoms with van der Waals surface area (Å²) in [6, 6.07) is 9.42. The topological polar surface area (TPSA) is 129 Å². The van der Waals surface area contributed by atoms with Gasteiger partial charge in [0.25, 0.3) is 0 Å². The molecule has 4 atom stereocenters. The number of hydrogen-bond acceptors (Lipinski definition) is 7.